The minimum absolute atomic E-state index is 0.421. The first-order valence-corrected chi connectivity index (χ1v) is 7.59. The van der Waals surface area contributed by atoms with Crippen LogP contribution >= 0.6 is 0 Å². The Morgan fingerprint density at radius 3 is 2.59 bits per heavy atom. The Hall–Kier alpha value is -2.04. The normalized spacial score (nSPS) is 14.6. The molecule has 2 aromatic rings. The van der Waals surface area contributed by atoms with Gasteiger partial charge in [0, 0.05) is 18.7 Å². The molecule has 4 nitrogen and oxygen atoms in total. The molecule has 1 aliphatic rings. The molecule has 2 aromatic carbocycles. The molecule has 1 aliphatic heterocycles. The molecule has 22 heavy (non-hydrogen) atoms. The van der Waals surface area contributed by atoms with E-state index >= 15 is 0 Å². The fraction of sp³-hybridized carbons (Fsp3) is 0.333. The molecule has 0 fully saturated rings. The molecule has 0 aliphatic carbocycles. The van der Waals surface area contributed by atoms with E-state index in [2.05, 4.69) is 11.4 Å². The average molecular weight is 299 g/mol. The van der Waals surface area contributed by atoms with Crippen LogP contribution in [0.15, 0.2) is 42.5 Å². The molecule has 0 bridgehead atoms. The van der Waals surface area contributed by atoms with Gasteiger partial charge in [0.1, 0.15) is 13.2 Å². The highest BCUT2D eigenvalue weighted by Crippen LogP contribution is 2.33. The largest absolute Gasteiger partial charge is 0.486 e. The van der Waals surface area contributed by atoms with Crippen molar-refractivity contribution in [3.8, 4) is 11.5 Å². The predicted molar refractivity (Wildman–Crippen MR) is 85.1 cm³/mol. The summed E-state index contributed by atoms with van der Waals surface area (Å²) in [6.45, 7) is 4.48. The summed E-state index contributed by atoms with van der Waals surface area (Å²) in [7, 11) is 0. The highest BCUT2D eigenvalue weighted by Gasteiger charge is 2.14. The molecule has 1 heterocycles. The molecule has 2 N–H and O–H groups in total. The van der Waals surface area contributed by atoms with E-state index in [0.717, 1.165) is 35.7 Å². The van der Waals surface area contributed by atoms with Gasteiger partial charge in [0.25, 0.3) is 0 Å². The van der Waals surface area contributed by atoms with Crippen molar-refractivity contribution in [2.45, 2.75) is 26.1 Å². The van der Waals surface area contributed by atoms with Gasteiger partial charge in [0.2, 0.25) is 0 Å². The quantitative estimate of drug-likeness (QED) is 0.891. The van der Waals surface area contributed by atoms with Crippen LogP contribution in [0.2, 0.25) is 0 Å². The molecule has 1 atom stereocenters. The van der Waals surface area contributed by atoms with Crippen LogP contribution in [0.25, 0.3) is 0 Å². The molecule has 0 amide bonds. The lowest BCUT2D eigenvalue weighted by atomic mass is 10.1. The number of hydrogen-bond donors (Lipinski definition) is 2. The Labute approximate surface area is 130 Å². The van der Waals surface area contributed by atoms with Crippen molar-refractivity contribution in [1.29, 1.82) is 0 Å². The summed E-state index contributed by atoms with van der Waals surface area (Å²) in [5, 5.41) is 12.9. The Balaban J connectivity index is 1.59. The maximum absolute atomic E-state index is 9.51. The second-order valence-electron chi connectivity index (χ2n) is 5.46. The number of benzene rings is 2. The summed E-state index contributed by atoms with van der Waals surface area (Å²) in [5.41, 5.74) is 3.23. The fourth-order valence-corrected chi connectivity index (χ4v) is 2.53. The van der Waals surface area contributed by atoms with Crippen LogP contribution in [-0.4, -0.2) is 18.3 Å². The number of rotatable bonds is 5. The van der Waals surface area contributed by atoms with Gasteiger partial charge in [-0.3, -0.25) is 0 Å². The Morgan fingerprint density at radius 1 is 1.05 bits per heavy atom. The van der Waals surface area contributed by atoms with Crippen molar-refractivity contribution in [3.63, 3.8) is 0 Å². The first kappa shape index (κ1) is 14.9. The first-order valence-electron chi connectivity index (χ1n) is 7.59. The van der Waals surface area contributed by atoms with E-state index in [4.69, 9.17) is 9.47 Å². The third kappa shape index (κ3) is 3.40. The van der Waals surface area contributed by atoms with Crippen molar-refractivity contribution in [2.24, 2.45) is 0 Å². The van der Waals surface area contributed by atoms with Gasteiger partial charge >= 0.3 is 0 Å². The van der Waals surface area contributed by atoms with E-state index in [0.29, 0.717) is 13.2 Å². The van der Waals surface area contributed by atoms with E-state index in [-0.39, 0.29) is 0 Å². The van der Waals surface area contributed by atoms with Gasteiger partial charge in [-0.2, -0.15) is 0 Å². The van der Waals surface area contributed by atoms with Crippen LogP contribution in [0.5, 0.6) is 11.5 Å². The van der Waals surface area contributed by atoms with E-state index < -0.39 is 6.10 Å². The molecular formula is C18H21NO3. The van der Waals surface area contributed by atoms with Gasteiger partial charge < -0.3 is 19.9 Å². The number of nitrogens with one attached hydrogen (secondary N) is 1. The highest BCUT2D eigenvalue weighted by molar-refractivity contribution is 5.47. The molecular weight excluding hydrogens is 278 g/mol. The lowest BCUT2D eigenvalue weighted by Gasteiger charge is -2.21. The molecule has 0 spiro atoms. The monoisotopic (exact) mass is 299 g/mol. The maximum Gasteiger partial charge on any atom is 0.165 e. The van der Waals surface area contributed by atoms with Gasteiger partial charge in [-0.05, 0) is 24.1 Å². The lowest BCUT2D eigenvalue weighted by molar-refractivity contribution is 0.169. The van der Waals surface area contributed by atoms with Crippen molar-refractivity contribution in [3.05, 3.63) is 59.2 Å². The molecule has 116 valence electrons. The Morgan fingerprint density at radius 2 is 1.82 bits per heavy atom. The number of hydrogen-bond acceptors (Lipinski definition) is 4. The SMILES string of the molecule is C[C@H](O)c1ccc(CNCc2cccc3c2OCCO3)cc1. The summed E-state index contributed by atoms with van der Waals surface area (Å²) >= 11 is 0. The molecule has 0 aromatic heterocycles. The molecule has 4 heteroatoms. The van der Waals surface area contributed by atoms with Gasteiger partial charge in [-0.15, -0.1) is 0 Å². The van der Waals surface area contributed by atoms with Crippen molar-refractivity contribution < 1.29 is 14.6 Å². The minimum atomic E-state index is -0.421. The van der Waals surface area contributed by atoms with Crippen LogP contribution < -0.4 is 14.8 Å². The van der Waals surface area contributed by atoms with Crippen LogP contribution in [0.1, 0.15) is 29.7 Å². The number of aliphatic hydroxyl groups excluding tert-OH is 1. The highest BCUT2D eigenvalue weighted by atomic mass is 16.6. The molecule has 0 saturated heterocycles. The summed E-state index contributed by atoms with van der Waals surface area (Å²) < 4.78 is 11.3. The van der Waals surface area contributed by atoms with E-state index in [1.165, 1.54) is 5.56 Å². The number of fused-ring (bicyclic) bond motifs is 1. The molecule has 0 radical (unpaired) electrons. The van der Waals surface area contributed by atoms with Gasteiger partial charge in [-0.1, -0.05) is 36.4 Å². The van der Waals surface area contributed by atoms with Gasteiger partial charge in [0.05, 0.1) is 6.10 Å². The summed E-state index contributed by atoms with van der Waals surface area (Å²) in [6.07, 6.45) is -0.421. The number of aliphatic hydroxyl groups is 1. The zero-order chi connectivity index (χ0) is 15.4. The Kier molecular flexibility index (Phi) is 4.61. The lowest BCUT2D eigenvalue weighted by Crippen LogP contribution is -2.19. The first-order chi connectivity index (χ1) is 10.7. The van der Waals surface area contributed by atoms with Gasteiger partial charge in [0.15, 0.2) is 11.5 Å². The fourth-order valence-electron chi connectivity index (χ4n) is 2.53. The summed E-state index contributed by atoms with van der Waals surface area (Å²) in [6, 6.07) is 14.0. The number of para-hydroxylation sites is 1. The zero-order valence-corrected chi connectivity index (χ0v) is 12.7. The van der Waals surface area contributed by atoms with E-state index in [1.54, 1.807) is 6.92 Å². The minimum Gasteiger partial charge on any atom is -0.486 e. The predicted octanol–water partition coefficient (Wildman–Crippen LogP) is 2.80. The average Bonchev–Trinajstić information content (AvgIpc) is 2.55. The van der Waals surface area contributed by atoms with E-state index in [9.17, 15) is 5.11 Å². The second-order valence-corrected chi connectivity index (χ2v) is 5.46. The standard InChI is InChI=1S/C18H21NO3/c1-13(20)15-7-5-14(6-8-15)11-19-12-16-3-2-4-17-18(16)22-10-9-21-17/h2-8,13,19-20H,9-12H2,1H3/t13-/m0/s1. The smallest absolute Gasteiger partial charge is 0.165 e. The van der Waals surface area contributed by atoms with Crippen molar-refractivity contribution in [2.75, 3.05) is 13.2 Å². The molecule has 0 saturated carbocycles. The summed E-state index contributed by atoms with van der Waals surface area (Å²) in [4.78, 5) is 0. The molecule has 3 rings (SSSR count). The van der Waals surface area contributed by atoms with Crippen LogP contribution in [0.4, 0.5) is 0 Å². The van der Waals surface area contributed by atoms with E-state index in [1.807, 2.05) is 36.4 Å². The van der Waals surface area contributed by atoms with Crippen LogP contribution in [0, 0.1) is 0 Å². The molecule has 0 unspecified atom stereocenters. The van der Waals surface area contributed by atoms with Crippen molar-refractivity contribution >= 4 is 0 Å². The van der Waals surface area contributed by atoms with Crippen molar-refractivity contribution in [1.82, 2.24) is 5.32 Å². The van der Waals surface area contributed by atoms with Crippen LogP contribution in [-0.2, 0) is 13.1 Å². The maximum atomic E-state index is 9.51. The Bertz CT molecular complexity index is 623. The van der Waals surface area contributed by atoms with Gasteiger partial charge in [-0.25, -0.2) is 0 Å². The topological polar surface area (TPSA) is 50.7 Å². The zero-order valence-electron chi connectivity index (χ0n) is 12.7. The number of ether oxygens (including phenoxy) is 2. The summed E-state index contributed by atoms with van der Waals surface area (Å²) in [5.74, 6) is 1.68. The van der Waals surface area contributed by atoms with Crippen LogP contribution in [0.3, 0.4) is 0 Å². The third-order valence-electron chi connectivity index (χ3n) is 3.75. The third-order valence-corrected chi connectivity index (χ3v) is 3.75. The second kappa shape index (κ2) is 6.81.